The molecule has 2 amide bonds. The van der Waals surface area contributed by atoms with Crippen LogP contribution in [0, 0.1) is 17.2 Å². The van der Waals surface area contributed by atoms with Crippen molar-refractivity contribution < 1.29 is 9.59 Å². The second-order valence-corrected chi connectivity index (χ2v) is 10.7. The van der Waals surface area contributed by atoms with Crippen molar-refractivity contribution >= 4 is 75.5 Å². The molecule has 32 heavy (non-hydrogen) atoms. The third-order valence-corrected chi connectivity index (χ3v) is 7.54. The summed E-state index contributed by atoms with van der Waals surface area (Å²) in [5.41, 5.74) is 0.299. The molecule has 0 radical (unpaired) electrons. The van der Waals surface area contributed by atoms with Crippen LogP contribution in [0.15, 0.2) is 36.4 Å². The summed E-state index contributed by atoms with van der Waals surface area (Å²) in [6.07, 6.45) is 2.05. The molecule has 0 spiro atoms. The minimum Gasteiger partial charge on any atom is -0.334 e. The minimum atomic E-state index is -1.33. The summed E-state index contributed by atoms with van der Waals surface area (Å²) in [4.78, 5) is 25.6. The van der Waals surface area contributed by atoms with E-state index in [1.807, 2.05) is 0 Å². The molecule has 2 aliphatic rings. The molecule has 0 bridgehead atoms. The second-order valence-electron chi connectivity index (χ2n) is 8.02. The Morgan fingerprint density at radius 1 is 1.03 bits per heavy atom. The minimum absolute atomic E-state index is 0.156. The number of anilines is 1. The van der Waals surface area contributed by atoms with Gasteiger partial charge in [0.15, 0.2) is 0 Å². The molecule has 166 valence electrons. The number of nitriles is 1. The molecule has 0 unspecified atom stereocenters. The molecule has 0 aromatic heterocycles. The Morgan fingerprint density at radius 2 is 1.69 bits per heavy atom. The van der Waals surface area contributed by atoms with Crippen LogP contribution in [-0.2, 0) is 4.79 Å². The number of benzene rings is 2. The number of amides is 2. The molecule has 10 heteroatoms. The van der Waals surface area contributed by atoms with E-state index in [4.69, 9.17) is 58.0 Å². The summed E-state index contributed by atoms with van der Waals surface area (Å²) in [5, 5.41) is 15.9. The number of nitrogens with one attached hydrogen (secondary N) is 2. The molecule has 2 fully saturated rings. The summed E-state index contributed by atoms with van der Waals surface area (Å²) in [5.74, 6) is -2.14. The Morgan fingerprint density at radius 3 is 2.25 bits per heavy atom. The van der Waals surface area contributed by atoms with Crippen LogP contribution in [0.3, 0.4) is 0 Å². The zero-order valence-corrected chi connectivity index (χ0v) is 20.2. The van der Waals surface area contributed by atoms with Gasteiger partial charge in [0.2, 0.25) is 5.91 Å². The largest absolute Gasteiger partial charge is 0.334 e. The van der Waals surface area contributed by atoms with Gasteiger partial charge in [-0.15, -0.1) is 23.2 Å². The van der Waals surface area contributed by atoms with Gasteiger partial charge in [-0.05, 0) is 61.2 Å². The maximum Gasteiger partial charge on any atom is 0.254 e. The lowest BCUT2D eigenvalue weighted by atomic mass is 9.78. The lowest BCUT2D eigenvalue weighted by Gasteiger charge is -2.35. The Balaban J connectivity index is 1.51. The van der Waals surface area contributed by atoms with Crippen LogP contribution in [0.2, 0.25) is 15.1 Å². The first-order chi connectivity index (χ1) is 15.1. The Labute approximate surface area is 209 Å². The molecule has 2 N–H and O–H groups in total. The third-order valence-electron chi connectivity index (χ3n) is 5.83. The van der Waals surface area contributed by atoms with Crippen molar-refractivity contribution in [3.8, 4) is 6.07 Å². The first-order valence-electron chi connectivity index (χ1n) is 9.74. The first kappa shape index (κ1) is 23.5. The standard InChI is InChI=1S/C22H16Cl5N3O2/c23-12-6-11(7-13(24)8-12)17-18(22(17,26)27)20(32)29-14-2-3-16(25)15(9-14)19(31)30-21(10-28)4-1-5-21/h2-3,6-9,17-18H,1,4-5H2,(H,29,32)(H,30,31)/t17-,18+/m1/s1. The van der Waals surface area contributed by atoms with E-state index in [0.29, 0.717) is 34.1 Å². The zero-order chi connectivity index (χ0) is 23.3. The van der Waals surface area contributed by atoms with Crippen LogP contribution in [-0.4, -0.2) is 21.7 Å². The number of nitrogens with zero attached hydrogens (tertiary/aromatic N) is 1. The summed E-state index contributed by atoms with van der Waals surface area (Å²) in [7, 11) is 0. The van der Waals surface area contributed by atoms with Gasteiger partial charge in [-0.3, -0.25) is 9.59 Å². The average Bonchev–Trinajstić information content (AvgIpc) is 3.27. The van der Waals surface area contributed by atoms with E-state index in [2.05, 4.69) is 16.7 Å². The van der Waals surface area contributed by atoms with Crippen molar-refractivity contribution in [1.29, 1.82) is 5.26 Å². The second kappa shape index (κ2) is 8.59. The number of carbonyl (C=O) groups is 2. The van der Waals surface area contributed by atoms with Crippen LogP contribution < -0.4 is 10.6 Å². The van der Waals surface area contributed by atoms with Gasteiger partial charge in [0, 0.05) is 21.7 Å². The zero-order valence-electron chi connectivity index (χ0n) is 16.4. The van der Waals surface area contributed by atoms with Crippen molar-refractivity contribution in [2.45, 2.75) is 35.1 Å². The van der Waals surface area contributed by atoms with E-state index in [1.54, 1.807) is 24.3 Å². The molecule has 0 saturated heterocycles. The van der Waals surface area contributed by atoms with Gasteiger partial charge in [-0.1, -0.05) is 34.8 Å². The molecule has 4 rings (SSSR count). The van der Waals surface area contributed by atoms with Crippen LogP contribution in [0.4, 0.5) is 5.69 Å². The SMILES string of the molecule is N#CC1(NC(=O)c2cc(NC(=O)[C@@H]3[C@@H](c4cc(Cl)cc(Cl)c4)C3(Cl)Cl)ccc2Cl)CCC1. The van der Waals surface area contributed by atoms with Gasteiger partial charge in [-0.2, -0.15) is 5.26 Å². The summed E-state index contributed by atoms with van der Waals surface area (Å²) < 4.78 is -1.33. The number of hydrogen-bond acceptors (Lipinski definition) is 3. The lowest BCUT2D eigenvalue weighted by Crippen LogP contribution is -2.52. The molecule has 2 aliphatic carbocycles. The summed E-state index contributed by atoms with van der Waals surface area (Å²) in [6.45, 7) is 0. The van der Waals surface area contributed by atoms with E-state index in [0.717, 1.165) is 6.42 Å². The van der Waals surface area contributed by atoms with Crippen LogP contribution in [0.1, 0.15) is 41.1 Å². The van der Waals surface area contributed by atoms with E-state index in [9.17, 15) is 14.9 Å². The normalized spacial score (nSPS) is 22.2. The predicted molar refractivity (Wildman–Crippen MR) is 127 cm³/mol. The number of alkyl halides is 2. The van der Waals surface area contributed by atoms with Crippen LogP contribution >= 0.6 is 58.0 Å². The highest BCUT2D eigenvalue weighted by Gasteiger charge is 2.67. The topological polar surface area (TPSA) is 82.0 Å². The fourth-order valence-electron chi connectivity index (χ4n) is 3.90. The maximum absolute atomic E-state index is 12.9. The highest BCUT2D eigenvalue weighted by molar-refractivity contribution is 6.53. The molecular weight excluding hydrogens is 516 g/mol. The predicted octanol–water partition coefficient (Wildman–Crippen LogP) is 6.35. The molecule has 2 aromatic rings. The highest BCUT2D eigenvalue weighted by Crippen LogP contribution is 2.65. The van der Waals surface area contributed by atoms with Crippen molar-refractivity contribution in [3.05, 3.63) is 62.6 Å². The molecule has 0 heterocycles. The van der Waals surface area contributed by atoms with Crippen molar-refractivity contribution in [2.75, 3.05) is 5.32 Å². The summed E-state index contributed by atoms with van der Waals surface area (Å²) >= 11 is 31.1. The van der Waals surface area contributed by atoms with Gasteiger partial charge in [0.05, 0.1) is 22.6 Å². The smallest absolute Gasteiger partial charge is 0.254 e. The molecule has 2 saturated carbocycles. The van der Waals surface area contributed by atoms with Crippen LogP contribution in [0.25, 0.3) is 0 Å². The summed E-state index contributed by atoms with van der Waals surface area (Å²) in [6, 6.07) is 11.6. The van der Waals surface area contributed by atoms with Gasteiger partial charge in [-0.25, -0.2) is 0 Å². The van der Waals surface area contributed by atoms with Crippen molar-refractivity contribution in [1.82, 2.24) is 5.32 Å². The fraction of sp³-hybridized carbons (Fsp3) is 0.318. The third kappa shape index (κ3) is 4.40. The molecular formula is C22H16Cl5N3O2. The Kier molecular flexibility index (Phi) is 6.30. The first-order valence-corrected chi connectivity index (χ1v) is 11.6. The number of rotatable bonds is 5. The quantitative estimate of drug-likeness (QED) is 0.441. The monoisotopic (exact) mass is 529 g/mol. The average molecular weight is 532 g/mol. The van der Waals surface area contributed by atoms with Gasteiger partial charge in [0.1, 0.15) is 9.87 Å². The van der Waals surface area contributed by atoms with E-state index in [1.165, 1.54) is 12.1 Å². The molecule has 5 nitrogen and oxygen atoms in total. The van der Waals surface area contributed by atoms with E-state index in [-0.39, 0.29) is 10.6 Å². The van der Waals surface area contributed by atoms with Crippen molar-refractivity contribution in [2.24, 2.45) is 5.92 Å². The lowest BCUT2D eigenvalue weighted by molar-refractivity contribution is -0.117. The van der Waals surface area contributed by atoms with E-state index < -0.39 is 33.5 Å². The van der Waals surface area contributed by atoms with Crippen molar-refractivity contribution in [3.63, 3.8) is 0 Å². The van der Waals surface area contributed by atoms with Gasteiger partial charge < -0.3 is 10.6 Å². The fourth-order valence-corrected chi connectivity index (χ4v) is 5.47. The Bertz CT molecular complexity index is 1140. The number of halogens is 5. The maximum atomic E-state index is 12.9. The number of hydrogen-bond donors (Lipinski definition) is 2. The molecule has 2 atom stereocenters. The van der Waals surface area contributed by atoms with Gasteiger partial charge in [0.25, 0.3) is 5.91 Å². The van der Waals surface area contributed by atoms with Crippen LogP contribution in [0.5, 0.6) is 0 Å². The molecule has 0 aliphatic heterocycles. The Hall–Kier alpha value is -1.68. The molecule has 2 aromatic carbocycles. The van der Waals surface area contributed by atoms with Gasteiger partial charge >= 0.3 is 0 Å². The number of carbonyl (C=O) groups excluding carboxylic acids is 2. The highest BCUT2D eigenvalue weighted by atomic mass is 35.5. The van der Waals surface area contributed by atoms with E-state index >= 15 is 0 Å².